The van der Waals surface area contributed by atoms with Gasteiger partial charge >= 0.3 is 0 Å². The highest BCUT2D eigenvalue weighted by atomic mass is 16.5. The minimum absolute atomic E-state index is 0.104. The molecule has 2 aromatic rings. The topological polar surface area (TPSA) is 36.0 Å². The van der Waals surface area contributed by atoms with E-state index in [2.05, 4.69) is 53.1 Å². The molecule has 0 unspecified atom stereocenters. The van der Waals surface area contributed by atoms with Gasteiger partial charge in [-0.05, 0) is 30.5 Å². The average Bonchev–Trinajstić information content (AvgIpc) is 3.09. The maximum Gasteiger partial charge on any atom is 0.241 e. The van der Waals surface area contributed by atoms with Gasteiger partial charge in [0.2, 0.25) is 5.91 Å². The molecule has 154 valence electrons. The Morgan fingerprint density at radius 1 is 1.00 bits per heavy atom. The third-order valence-corrected chi connectivity index (χ3v) is 6.05. The number of hydrogen-bond donors (Lipinski definition) is 0. The van der Waals surface area contributed by atoms with E-state index in [-0.39, 0.29) is 11.9 Å². The average molecular weight is 394 g/mol. The number of benzene rings is 2. The Balaban J connectivity index is 1.33. The van der Waals surface area contributed by atoms with Crippen molar-refractivity contribution >= 4 is 11.6 Å². The van der Waals surface area contributed by atoms with Crippen molar-refractivity contribution in [3.63, 3.8) is 0 Å². The SMILES string of the molecule is COC[C@@H]1Cc2ccccc2N1C(=O)CN1CCN(Cc2ccc(C)cc2)CC1. The maximum atomic E-state index is 13.2. The first-order valence-electron chi connectivity index (χ1n) is 10.5. The predicted octanol–water partition coefficient (Wildman–Crippen LogP) is 2.72. The van der Waals surface area contributed by atoms with Gasteiger partial charge in [0.05, 0.1) is 19.2 Å². The Labute approximate surface area is 173 Å². The Morgan fingerprint density at radius 2 is 1.69 bits per heavy atom. The monoisotopic (exact) mass is 393 g/mol. The molecule has 0 radical (unpaired) electrons. The number of rotatable bonds is 6. The lowest BCUT2D eigenvalue weighted by Crippen LogP contribution is -2.51. The number of fused-ring (bicyclic) bond motifs is 1. The van der Waals surface area contributed by atoms with Crippen LogP contribution in [0.1, 0.15) is 16.7 Å². The fraction of sp³-hybridized carbons (Fsp3) is 0.458. The van der Waals surface area contributed by atoms with Gasteiger partial charge in [-0.25, -0.2) is 0 Å². The molecule has 0 spiro atoms. The number of carbonyl (C=O) groups excluding carboxylic acids is 1. The number of carbonyl (C=O) groups is 1. The van der Waals surface area contributed by atoms with E-state index in [0.717, 1.165) is 44.8 Å². The lowest BCUT2D eigenvalue weighted by molar-refractivity contribution is -0.120. The third-order valence-electron chi connectivity index (χ3n) is 6.05. The fourth-order valence-electron chi connectivity index (χ4n) is 4.45. The summed E-state index contributed by atoms with van der Waals surface area (Å²) in [7, 11) is 1.71. The summed E-state index contributed by atoms with van der Waals surface area (Å²) in [6.07, 6.45) is 0.875. The van der Waals surface area contributed by atoms with Gasteiger partial charge in [0.25, 0.3) is 0 Å². The molecule has 1 atom stereocenters. The first-order valence-corrected chi connectivity index (χ1v) is 10.5. The molecular formula is C24H31N3O2. The number of methoxy groups -OCH3 is 1. The van der Waals surface area contributed by atoms with Gasteiger partial charge < -0.3 is 9.64 Å². The molecule has 1 amide bonds. The number of amides is 1. The maximum absolute atomic E-state index is 13.2. The molecular weight excluding hydrogens is 362 g/mol. The summed E-state index contributed by atoms with van der Waals surface area (Å²) in [5.41, 5.74) is 4.95. The van der Waals surface area contributed by atoms with E-state index in [0.29, 0.717) is 13.2 Å². The van der Waals surface area contributed by atoms with Crippen LogP contribution in [0.3, 0.4) is 0 Å². The first kappa shape index (κ1) is 20.1. The number of anilines is 1. The number of ether oxygens (including phenoxy) is 1. The van der Waals surface area contributed by atoms with Crippen LogP contribution in [0, 0.1) is 6.92 Å². The molecule has 0 saturated carbocycles. The van der Waals surface area contributed by atoms with Gasteiger partial charge in [-0.3, -0.25) is 14.6 Å². The number of nitrogens with zero attached hydrogens (tertiary/aromatic N) is 3. The minimum atomic E-state index is 0.104. The molecule has 1 fully saturated rings. The molecule has 0 N–H and O–H groups in total. The molecule has 2 aliphatic rings. The fourth-order valence-corrected chi connectivity index (χ4v) is 4.45. The van der Waals surface area contributed by atoms with Crippen molar-refractivity contribution in [2.75, 3.05) is 51.3 Å². The van der Waals surface area contributed by atoms with Crippen molar-refractivity contribution in [2.45, 2.75) is 25.9 Å². The molecule has 2 aromatic carbocycles. The van der Waals surface area contributed by atoms with Crippen molar-refractivity contribution < 1.29 is 9.53 Å². The second-order valence-electron chi connectivity index (χ2n) is 8.24. The van der Waals surface area contributed by atoms with E-state index < -0.39 is 0 Å². The summed E-state index contributed by atoms with van der Waals surface area (Å²) in [6, 6.07) is 17.1. The second kappa shape index (κ2) is 9.08. The predicted molar refractivity (Wildman–Crippen MR) is 116 cm³/mol. The lowest BCUT2D eigenvalue weighted by atomic mass is 10.1. The number of piperazine rings is 1. The summed E-state index contributed by atoms with van der Waals surface area (Å²) >= 11 is 0. The summed E-state index contributed by atoms with van der Waals surface area (Å²) in [5.74, 6) is 0.184. The van der Waals surface area contributed by atoms with Crippen LogP contribution in [0.2, 0.25) is 0 Å². The second-order valence-corrected chi connectivity index (χ2v) is 8.24. The molecule has 0 aliphatic carbocycles. The van der Waals surface area contributed by atoms with Gasteiger partial charge in [-0.2, -0.15) is 0 Å². The van der Waals surface area contributed by atoms with E-state index in [1.54, 1.807) is 7.11 Å². The molecule has 29 heavy (non-hydrogen) atoms. The molecule has 2 aliphatic heterocycles. The van der Waals surface area contributed by atoms with E-state index >= 15 is 0 Å². The highest BCUT2D eigenvalue weighted by Crippen LogP contribution is 2.32. The molecule has 0 aromatic heterocycles. The van der Waals surface area contributed by atoms with Crippen molar-refractivity contribution in [3.8, 4) is 0 Å². The van der Waals surface area contributed by atoms with Gasteiger partial charge in [0, 0.05) is 45.5 Å². The van der Waals surface area contributed by atoms with Gasteiger partial charge in [0.1, 0.15) is 0 Å². The summed E-state index contributed by atoms with van der Waals surface area (Å²) in [4.78, 5) is 19.9. The summed E-state index contributed by atoms with van der Waals surface area (Å²) in [5, 5.41) is 0. The van der Waals surface area contributed by atoms with Crippen molar-refractivity contribution in [3.05, 3.63) is 65.2 Å². The highest BCUT2D eigenvalue weighted by Gasteiger charge is 2.34. The van der Waals surface area contributed by atoms with Crippen LogP contribution in [-0.4, -0.2) is 68.2 Å². The van der Waals surface area contributed by atoms with Crippen molar-refractivity contribution in [2.24, 2.45) is 0 Å². The van der Waals surface area contributed by atoms with Crippen molar-refractivity contribution in [1.29, 1.82) is 0 Å². The molecule has 5 nitrogen and oxygen atoms in total. The Morgan fingerprint density at radius 3 is 2.41 bits per heavy atom. The van der Waals surface area contributed by atoms with Crippen LogP contribution in [0.4, 0.5) is 5.69 Å². The largest absolute Gasteiger partial charge is 0.383 e. The van der Waals surface area contributed by atoms with E-state index in [1.165, 1.54) is 16.7 Å². The normalized spacial score (nSPS) is 20.1. The standard InChI is InChI=1S/C24H31N3O2/c1-19-7-9-20(10-8-19)16-25-11-13-26(14-12-25)17-24(28)27-22(18-29-2)15-21-5-3-4-6-23(21)27/h3-10,22H,11-18H2,1-2H3/t22-/m0/s1. The van der Waals surface area contributed by atoms with E-state index in [4.69, 9.17) is 4.74 Å². The Hall–Kier alpha value is -2.21. The van der Waals surface area contributed by atoms with Crippen LogP contribution in [-0.2, 0) is 22.5 Å². The smallest absolute Gasteiger partial charge is 0.241 e. The quantitative estimate of drug-likeness (QED) is 0.756. The molecule has 4 rings (SSSR count). The number of para-hydroxylation sites is 1. The Kier molecular flexibility index (Phi) is 6.28. The third kappa shape index (κ3) is 4.69. The highest BCUT2D eigenvalue weighted by molar-refractivity contribution is 5.97. The van der Waals surface area contributed by atoms with Crippen LogP contribution in [0.25, 0.3) is 0 Å². The molecule has 2 heterocycles. The van der Waals surface area contributed by atoms with Crippen LogP contribution in [0.5, 0.6) is 0 Å². The van der Waals surface area contributed by atoms with E-state index in [9.17, 15) is 4.79 Å². The van der Waals surface area contributed by atoms with Crippen LogP contribution in [0.15, 0.2) is 48.5 Å². The Bertz CT molecular complexity index is 828. The lowest BCUT2D eigenvalue weighted by Gasteiger charge is -2.35. The summed E-state index contributed by atoms with van der Waals surface area (Å²) < 4.78 is 5.39. The van der Waals surface area contributed by atoms with Crippen molar-refractivity contribution in [1.82, 2.24) is 9.80 Å². The van der Waals surface area contributed by atoms with Crippen LogP contribution >= 0.6 is 0 Å². The van der Waals surface area contributed by atoms with Gasteiger partial charge in [-0.15, -0.1) is 0 Å². The zero-order valence-corrected chi connectivity index (χ0v) is 17.5. The van der Waals surface area contributed by atoms with Crippen LogP contribution < -0.4 is 4.90 Å². The molecule has 0 bridgehead atoms. The molecule has 1 saturated heterocycles. The minimum Gasteiger partial charge on any atom is -0.383 e. The summed E-state index contributed by atoms with van der Waals surface area (Å²) in [6.45, 7) is 8.02. The zero-order valence-electron chi connectivity index (χ0n) is 17.5. The zero-order chi connectivity index (χ0) is 20.2. The van der Waals surface area contributed by atoms with E-state index in [1.807, 2.05) is 17.0 Å². The number of aryl methyl sites for hydroxylation is 1. The first-order chi connectivity index (χ1) is 14.1. The number of hydrogen-bond acceptors (Lipinski definition) is 4. The van der Waals surface area contributed by atoms with Gasteiger partial charge in [0.15, 0.2) is 0 Å². The van der Waals surface area contributed by atoms with Gasteiger partial charge in [-0.1, -0.05) is 48.0 Å². The molecule has 5 heteroatoms.